The Hall–Kier alpha value is -5.92. The molecule has 1 nitrogen and oxygen atoms in total. The van der Waals surface area contributed by atoms with Crippen LogP contribution in [0.2, 0.25) is 0 Å². The minimum atomic E-state index is 0.914. The molecule has 1 aromatic heterocycles. The minimum absolute atomic E-state index is 0.914. The number of rotatable bonds is 2. The Morgan fingerprint density at radius 2 is 0.844 bits per heavy atom. The number of hydrogen-bond acceptors (Lipinski definition) is 1. The smallest absolute Gasteiger partial charge is 0.136 e. The van der Waals surface area contributed by atoms with E-state index in [4.69, 9.17) is 4.42 Å². The lowest BCUT2D eigenvalue weighted by molar-refractivity contribution is 0.669. The summed E-state index contributed by atoms with van der Waals surface area (Å²) in [5, 5.41) is 14.9. The maximum Gasteiger partial charge on any atom is 0.136 e. The van der Waals surface area contributed by atoms with Crippen LogP contribution in [-0.2, 0) is 0 Å². The lowest BCUT2D eigenvalue weighted by atomic mass is 9.84. The maximum absolute atomic E-state index is 6.53. The first-order valence-electron chi connectivity index (χ1n) is 15.5. The molecular formula is C44H26O. The lowest BCUT2D eigenvalue weighted by Crippen LogP contribution is -1.92. The molecule has 0 aliphatic heterocycles. The molecule has 1 heterocycles. The maximum atomic E-state index is 6.53. The fourth-order valence-corrected chi connectivity index (χ4v) is 7.70. The SMILES string of the molecule is c1ccc2c(c1)ccc1cccc(-c3c4ccccc4c(-c4ccc5c(c4)oc4ccc6ccccc6c45)c4ccccc34)c12. The van der Waals surface area contributed by atoms with Gasteiger partial charge in [-0.25, -0.2) is 0 Å². The van der Waals surface area contributed by atoms with Crippen LogP contribution in [0.3, 0.4) is 0 Å². The summed E-state index contributed by atoms with van der Waals surface area (Å²) in [7, 11) is 0. The summed E-state index contributed by atoms with van der Waals surface area (Å²) >= 11 is 0. The van der Waals surface area contributed by atoms with Gasteiger partial charge >= 0.3 is 0 Å². The Morgan fingerprint density at radius 3 is 1.53 bits per heavy atom. The predicted molar refractivity (Wildman–Crippen MR) is 192 cm³/mol. The molecular weight excluding hydrogens is 544 g/mol. The zero-order valence-electron chi connectivity index (χ0n) is 24.4. The second-order valence-corrected chi connectivity index (χ2v) is 12.0. The van der Waals surface area contributed by atoms with E-state index >= 15 is 0 Å². The van der Waals surface area contributed by atoms with Crippen LogP contribution in [0.1, 0.15) is 0 Å². The third-order valence-electron chi connectivity index (χ3n) is 9.62. The number of fused-ring (bicyclic) bond motifs is 10. The van der Waals surface area contributed by atoms with Gasteiger partial charge in [0.05, 0.1) is 0 Å². The van der Waals surface area contributed by atoms with E-state index in [9.17, 15) is 0 Å². The van der Waals surface area contributed by atoms with Crippen molar-refractivity contribution in [3.05, 3.63) is 158 Å². The normalized spacial score (nSPS) is 12.0. The molecule has 0 atom stereocenters. The van der Waals surface area contributed by atoms with Gasteiger partial charge < -0.3 is 4.42 Å². The number of benzene rings is 9. The first-order valence-corrected chi connectivity index (χ1v) is 15.5. The van der Waals surface area contributed by atoms with Crippen molar-refractivity contribution in [2.75, 3.05) is 0 Å². The zero-order chi connectivity index (χ0) is 29.5. The highest BCUT2D eigenvalue weighted by molar-refractivity contribution is 6.26. The Kier molecular flexibility index (Phi) is 5.06. The van der Waals surface area contributed by atoms with Crippen LogP contribution in [0.15, 0.2) is 162 Å². The van der Waals surface area contributed by atoms with Crippen molar-refractivity contribution in [3.63, 3.8) is 0 Å². The predicted octanol–water partition coefficient (Wildman–Crippen LogP) is 12.7. The molecule has 0 bridgehead atoms. The second kappa shape index (κ2) is 9.29. The van der Waals surface area contributed by atoms with Crippen molar-refractivity contribution in [2.24, 2.45) is 0 Å². The molecule has 0 aliphatic rings. The van der Waals surface area contributed by atoms with E-state index in [1.807, 2.05) is 0 Å². The monoisotopic (exact) mass is 570 g/mol. The highest BCUT2D eigenvalue weighted by Gasteiger charge is 2.20. The first-order chi connectivity index (χ1) is 22.3. The topological polar surface area (TPSA) is 13.1 Å². The minimum Gasteiger partial charge on any atom is -0.456 e. The van der Waals surface area contributed by atoms with Gasteiger partial charge in [0, 0.05) is 10.8 Å². The van der Waals surface area contributed by atoms with Crippen LogP contribution in [0.5, 0.6) is 0 Å². The van der Waals surface area contributed by atoms with Gasteiger partial charge in [-0.2, -0.15) is 0 Å². The molecule has 10 aromatic rings. The van der Waals surface area contributed by atoms with Gasteiger partial charge in [-0.3, -0.25) is 0 Å². The van der Waals surface area contributed by atoms with Gasteiger partial charge in [-0.05, 0) is 94.3 Å². The average Bonchev–Trinajstić information content (AvgIpc) is 3.49. The van der Waals surface area contributed by atoms with Gasteiger partial charge in [-0.1, -0.05) is 140 Å². The summed E-state index contributed by atoms with van der Waals surface area (Å²) in [6, 6.07) is 57.3. The fraction of sp³-hybridized carbons (Fsp3) is 0. The molecule has 1 heteroatoms. The molecule has 0 saturated carbocycles. The molecule has 0 spiro atoms. The Bertz CT molecular complexity index is 2760. The van der Waals surface area contributed by atoms with E-state index in [1.165, 1.54) is 75.9 Å². The summed E-state index contributed by atoms with van der Waals surface area (Å²) in [5.41, 5.74) is 6.78. The Morgan fingerprint density at radius 1 is 0.311 bits per heavy atom. The third-order valence-corrected chi connectivity index (χ3v) is 9.62. The van der Waals surface area contributed by atoms with Crippen molar-refractivity contribution in [1.29, 1.82) is 0 Å². The van der Waals surface area contributed by atoms with Gasteiger partial charge in [0.25, 0.3) is 0 Å². The largest absolute Gasteiger partial charge is 0.456 e. The zero-order valence-corrected chi connectivity index (χ0v) is 24.4. The molecule has 208 valence electrons. The second-order valence-electron chi connectivity index (χ2n) is 12.0. The van der Waals surface area contributed by atoms with E-state index in [0.717, 1.165) is 22.1 Å². The van der Waals surface area contributed by atoms with Crippen LogP contribution in [0.25, 0.3) is 98.1 Å². The van der Waals surface area contributed by atoms with Gasteiger partial charge in [0.2, 0.25) is 0 Å². The average molecular weight is 571 g/mol. The summed E-state index contributed by atoms with van der Waals surface area (Å²) in [6.45, 7) is 0. The molecule has 9 aromatic carbocycles. The van der Waals surface area contributed by atoms with E-state index in [2.05, 4.69) is 158 Å². The molecule has 45 heavy (non-hydrogen) atoms. The highest BCUT2D eigenvalue weighted by Crippen LogP contribution is 2.47. The number of hydrogen-bond donors (Lipinski definition) is 0. The van der Waals surface area contributed by atoms with E-state index in [1.54, 1.807) is 0 Å². The third kappa shape index (κ3) is 3.50. The van der Waals surface area contributed by atoms with Crippen molar-refractivity contribution < 1.29 is 4.42 Å². The quantitative estimate of drug-likeness (QED) is 0.149. The standard InChI is InChI=1S/C44H26O/c1-3-13-31-27(10-1)20-21-29-12-9-19-38(41(29)31)43-35-17-7-5-15-33(35)42(34-16-6-8-18-36(34)43)30-22-24-37-40(26-30)45-39-25-23-28-11-2-4-14-32(28)44(37)39/h1-26H. The molecule has 0 amide bonds. The lowest BCUT2D eigenvalue weighted by Gasteiger charge is -2.19. The summed E-state index contributed by atoms with van der Waals surface area (Å²) < 4.78 is 6.53. The summed E-state index contributed by atoms with van der Waals surface area (Å²) in [6.07, 6.45) is 0. The molecule has 0 aliphatic carbocycles. The van der Waals surface area contributed by atoms with Gasteiger partial charge in [-0.15, -0.1) is 0 Å². The number of furan rings is 1. The van der Waals surface area contributed by atoms with Gasteiger partial charge in [0.15, 0.2) is 0 Å². The van der Waals surface area contributed by atoms with Crippen LogP contribution >= 0.6 is 0 Å². The molecule has 0 N–H and O–H groups in total. The van der Waals surface area contributed by atoms with Crippen molar-refractivity contribution in [2.45, 2.75) is 0 Å². The fourth-order valence-electron chi connectivity index (χ4n) is 7.70. The molecule has 0 radical (unpaired) electrons. The van der Waals surface area contributed by atoms with Crippen molar-refractivity contribution in [3.8, 4) is 22.3 Å². The Labute approximate surface area is 259 Å². The van der Waals surface area contributed by atoms with Crippen LogP contribution in [0, 0.1) is 0 Å². The first kappa shape index (κ1) is 24.5. The van der Waals surface area contributed by atoms with E-state index in [-0.39, 0.29) is 0 Å². The van der Waals surface area contributed by atoms with Crippen molar-refractivity contribution in [1.82, 2.24) is 0 Å². The molecule has 10 rings (SSSR count). The summed E-state index contributed by atoms with van der Waals surface area (Å²) in [4.78, 5) is 0. The van der Waals surface area contributed by atoms with Crippen LogP contribution in [0.4, 0.5) is 0 Å². The molecule has 0 unspecified atom stereocenters. The van der Waals surface area contributed by atoms with Crippen molar-refractivity contribution >= 4 is 75.8 Å². The van der Waals surface area contributed by atoms with Gasteiger partial charge in [0.1, 0.15) is 11.2 Å². The van der Waals surface area contributed by atoms with Crippen LogP contribution < -0.4 is 0 Å². The molecule has 0 fully saturated rings. The van der Waals surface area contributed by atoms with E-state index < -0.39 is 0 Å². The van der Waals surface area contributed by atoms with Crippen LogP contribution in [-0.4, -0.2) is 0 Å². The molecule has 0 saturated heterocycles. The summed E-state index contributed by atoms with van der Waals surface area (Å²) in [5.74, 6) is 0. The highest BCUT2D eigenvalue weighted by atomic mass is 16.3. The van der Waals surface area contributed by atoms with E-state index in [0.29, 0.717) is 0 Å². The Balaban J connectivity index is 1.31.